The summed E-state index contributed by atoms with van der Waals surface area (Å²) >= 11 is 0. The average molecular weight is 665 g/mol. The number of carbonyl (C=O) groups is 4. The van der Waals surface area contributed by atoms with E-state index in [4.69, 9.17) is 9.47 Å². The zero-order valence-corrected chi connectivity index (χ0v) is 27.4. The maximum Gasteiger partial charge on any atom is 0.327 e. The fraction of sp³-hybridized carbons (Fsp3) is 0.294. The van der Waals surface area contributed by atoms with E-state index in [1.54, 1.807) is 28.1 Å². The highest BCUT2D eigenvalue weighted by atomic mass is 33.1. The first-order valence-corrected chi connectivity index (χ1v) is 17.0. The van der Waals surface area contributed by atoms with Gasteiger partial charge in [0.25, 0.3) is 0 Å². The van der Waals surface area contributed by atoms with Gasteiger partial charge in [-0.25, -0.2) is 9.59 Å². The van der Waals surface area contributed by atoms with E-state index in [2.05, 4.69) is 10.6 Å². The van der Waals surface area contributed by atoms with Crippen molar-refractivity contribution in [3.8, 4) is 11.5 Å². The summed E-state index contributed by atoms with van der Waals surface area (Å²) in [7, 11) is 5.40. The van der Waals surface area contributed by atoms with E-state index in [9.17, 15) is 29.4 Å². The number of ether oxygens (including phenoxy) is 2. The van der Waals surface area contributed by atoms with Crippen molar-refractivity contribution in [1.29, 1.82) is 0 Å². The van der Waals surface area contributed by atoms with E-state index < -0.39 is 47.7 Å². The molecule has 0 spiro atoms. The molecule has 0 saturated carbocycles. The van der Waals surface area contributed by atoms with Gasteiger partial charge in [0.05, 0.1) is 26.1 Å². The van der Waals surface area contributed by atoms with Crippen LogP contribution in [0.5, 0.6) is 11.5 Å². The summed E-state index contributed by atoms with van der Waals surface area (Å²) in [6.45, 7) is 3.41. The molecule has 242 valence electrons. The first-order chi connectivity index (χ1) is 22.0. The molecule has 0 aromatic heterocycles. The number of methoxy groups -OCH3 is 2. The fourth-order valence-corrected chi connectivity index (χ4v) is 7.07. The molecule has 0 saturated heterocycles. The van der Waals surface area contributed by atoms with Gasteiger partial charge in [-0.2, -0.15) is 0 Å². The second kappa shape index (κ2) is 15.7. The van der Waals surface area contributed by atoms with E-state index in [0.717, 1.165) is 65.8 Å². The van der Waals surface area contributed by atoms with Crippen LogP contribution in [0.1, 0.15) is 36.8 Å². The molecule has 0 aliphatic heterocycles. The molecule has 0 bridgehead atoms. The molecule has 2 amide bonds. The summed E-state index contributed by atoms with van der Waals surface area (Å²) in [5.41, 5.74) is 1.47. The molecule has 4 atom stereocenters. The summed E-state index contributed by atoms with van der Waals surface area (Å²) in [6, 6.07) is 20.0. The predicted octanol–water partition coefficient (Wildman–Crippen LogP) is 5.44. The third kappa shape index (κ3) is 8.64. The van der Waals surface area contributed by atoms with Gasteiger partial charge in [-0.3, -0.25) is 9.59 Å². The van der Waals surface area contributed by atoms with Crippen molar-refractivity contribution in [2.24, 2.45) is 0 Å². The zero-order chi connectivity index (χ0) is 33.4. The van der Waals surface area contributed by atoms with Crippen molar-refractivity contribution >= 4 is 66.9 Å². The maximum absolute atomic E-state index is 13.0. The van der Waals surface area contributed by atoms with Crippen LogP contribution >= 0.6 is 21.6 Å². The molecular weight excluding hydrogens is 629 g/mol. The molecule has 4 rings (SSSR count). The van der Waals surface area contributed by atoms with E-state index in [0.29, 0.717) is 0 Å². The maximum atomic E-state index is 13.0. The van der Waals surface area contributed by atoms with Crippen molar-refractivity contribution in [3.63, 3.8) is 0 Å². The quantitative estimate of drug-likeness (QED) is 0.0956. The monoisotopic (exact) mass is 664 g/mol. The van der Waals surface area contributed by atoms with Gasteiger partial charge in [0, 0.05) is 11.5 Å². The van der Waals surface area contributed by atoms with Gasteiger partial charge in [-0.05, 0) is 70.8 Å². The van der Waals surface area contributed by atoms with Crippen LogP contribution in [0.4, 0.5) is 0 Å². The molecule has 4 aromatic carbocycles. The summed E-state index contributed by atoms with van der Waals surface area (Å²) < 4.78 is 10.5. The Balaban J connectivity index is 1.29. The topological polar surface area (TPSA) is 151 Å². The minimum atomic E-state index is -1.20. The molecule has 3 unspecified atom stereocenters. The molecule has 0 aliphatic carbocycles. The number of carboxylic acids is 2. The Hall–Kier alpha value is -4.42. The first-order valence-electron chi connectivity index (χ1n) is 14.5. The van der Waals surface area contributed by atoms with Crippen molar-refractivity contribution in [1.82, 2.24) is 10.6 Å². The number of nitrogens with one attached hydrogen (secondary N) is 2. The highest BCUT2D eigenvalue weighted by molar-refractivity contribution is 8.76. The van der Waals surface area contributed by atoms with Gasteiger partial charge in [0.15, 0.2) is 0 Å². The van der Waals surface area contributed by atoms with Crippen LogP contribution in [0.25, 0.3) is 21.5 Å². The first kappa shape index (κ1) is 34.5. The number of fused-ring (bicyclic) bond motifs is 2. The van der Waals surface area contributed by atoms with Gasteiger partial charge in [0.2, 0.25) is 11.8 Å². The molecule has 10 nitrogen and oxygen atoms in total. The Bertz CT molecular complexity index is 1620. The van der Waals surface area contributed by atoms with Crippen LogP contribution < -0.4 is 20.1 Å². The van der Waals surface area contributed by atoms with Crippen molar-refractivity contribution in [3.05, 3.63) is 83.9 Å². The van der Waals surface area contributed by atoms with Crippen LogP contribution in [-0.4, -0.2) is 71.8 Å². The fourth-order valence-electron chi connectivity index (χ4n) is 4.76. The summed E-state index contributed by atoms with van der Waals surface area (Å²) in [6.07, 6.45) is 0. The molecule has 0 radical (unpaired) electrons. The third-order valence-electron chi connectivity index (χ3n) is 7.71. The number of hydrogen-bond acceptors (Lipinski definition) is 8. The van der Waals surface area contributed by atoms with Crippen LogP contribution in [0.15, 0.2) is 72.8 Å². The number of carbonyl (C=O) groups excluding carboxylic acids is 2. The Morgan fingerprint density at radius 2 is 0.957 bits per heavy atom. The minimum absolute atomic E-state index is 0.00542. The lowest BCUT2D eigenvalue weighted by molar-refractivity contribution is -0.141. The van der Waals surface area contributed by atoms with Crippen molar-refractivity contribution in [2.75, 3.05) is 25.7 Å². The van der Waals surface area contributed by atoms with Gasteiger partial charge < -0.3 is 30.3 Å². The van der Waals surface area contributed by atoms with E-state index >= 15 is 0 Å². The Labute approximate surface area is 274 Å². The molecule has 0 heterocycles. The zero-order valence-electron chi connectivity index (χ0n) is 25.8. The summed E-state index contributed by atoms with van der Waals surface area (Å²) in [4.78, 5) is 49.8. The predicted molar refractivity (Wildman–Crippen MR) is 182 cm³/mol. The van der Waals surface area contributed by atoms with Crippen LogP contribution in [0.2, 0.25) is 0 Å². The van der Waals surface area contributed by atoms with E-state index in [-0.39, 0.29) is 11.5 Å². The number of carboxylic acid groups (broad SMARTS) is 2. The normalized spacial score (nSPS) is 13.7. The molecular formula is C34H36N2O8S2. The molecule has 46 heavy (non-hydrogen) atoms. The molecule has 4 N–H and O–H groups in total. The summed E-state index contributed by atoms with van der Waals surface area (Å²) in [5, 5.41) is 28.4. The van der Waals surface area contributed by atoms with Crippen LogP contribution in [-0.2, 0) is 19.2 Å². The van der Waals surface area contributed by atoms with Crippen molar-refractivity contribution < 1.29 is 38.9 Å². The van der Waals surface area contributed by atoms with Crippen LogP contribution in [0, 0.1) is 0 Å². The SMILES string of the molecule is COc1ccc2cc(C(C)C(=O)NC(CSSC[C@H](NC(=O)C(C)c3ccc4cc(OC)ccc4c3)C(=O)O)C(=O)O)ccc2c1. The Kier molecular flexibility index (Phi) is 11.8. The second-order valence-corrected chi connectivity index (χ2v) is 13.3. The van der Waals surface area contributed by atoms with E-state index in [1.807, 2.05) is 72.8 Å². The summed E-state index contributed by atoms with van der Waals surface area (Å²) in [5.74, 6) is -3.07. The van der Waals surface area contributed by atoms with Crippen molar-refractivity contribution in [2.45, 2.75) is 37.8 Å². The number of benzene rings is 4. The number of rotatable bonds is 15. The highest BCUT2D eigenvalue weighted by Gasteiger charge is 2.27. The molecule has 0 fully saturated rings. The van der Waals surface area contributed by atoms with Crippen LogP contribution in [0.3, 0.4) is 0 Å². The third-order valence-corrected chi connectivity index (χ3v) is 10.1. The van der Waals surface area contributed by atoms with Gasteiger partial charge in [0.1, 0.15) is 23.6 Å². The molecule has 0 aliphatic rings. The minimum Gasteiger partial charge on any atom is -0.497 e. The van der Waals surface area contributed by atoms with Gasteiger partial charge in [-0.15, -0.1) is 0 Å². The smallest absolute Gasteiger partial charge is 0.327 e. The van der Waals surface area contributed by atoms with Gasteiger partial charge in [-0.1, -0.05) is 70.1 Å². The largest absolute Gasteiger partial charge is 0.497 e. The lowest BCUT2D eigenvalue weighted by atomic mass is 9.96. The lowest BCUT2D eigenvalue weighted by Gasteiger charge is -2.20. The lowest BCUT2D eigenvalue weighted by Crippen LogP contribution is -2.45. The second-order valence-electron chi connectivity index (χ2n) is 10.8. The molecule has 12 heteroatoms. The highest BCUT2D eigenvalue weighted by Crippen LogP contribution is 2.28. The molecule has 4 aromatic rings. The number of hydrogen-bond donors (Lipinski definition) is 4. The number of amides is 2. The van der Waals surface area contributed by atoms with E-state index in [1.165, 1.54) is 0 Å². The average Bonchev–Trinajstić information content (AvgIpc) is 3.06. The Morgan fingerprint density at radius 1 is 0.609 bits per heavy atom. The number of aliphatic carboxylic acids is 2. The Morgan fingerprint density at radius 3 is 1.30 bits per heavy atom. The standard InChI is InChI=1S/C34H36N2O8S2/c1-19(21-5-7-25-15-27(43-3)11-9-23(25)13-21)31(37)35-29(33(39)40)17-45-46-18-30(34(41)42)36-32(38)20(2)22-6-8-26-16-28(44-4)12-10-24(26)14-22/h5-16,19-20,29-30H,17-18H2,1-4H3,(H,35,37)(H,36,38)(H,39,40)(H,41,42)/t19?,20?,29-,30?/m0/s1. The van der Waals surface area contributed by atoms with Gasteiger partial charge >= 0.3 is 11.9 Å².